The van der Waals surface area contributed by atoms with E-state index >= 15 is 0 Å². The fourth-order valence-electron chi connectivity index (χ4n) is 3.47. The third kappa shape index (κ3) is 3.11. The highest BCUT2D eigenvalue weighted by molar-refractivity contribution is 5.76. The Hall–Kier alpha value is -1.56. The normalized spacial score (nSPS) is 29.4. The largest absolute Gasteiger partial charge is 0.416 e. The highest BCUT2D eigenvalue weighted by Gasteiger charge is 2.39. The zero-order chi connectivity index (χ0) is 15.7. The third-order valence-electron chi connectivity index (χ3n) is 4.61. The summed E-state index contributed by atoms with van der Waals surface area (Å²) in [6, 6.07) is 5.46. The molecule has 3 unspecified atom stereocenters. The second kappa shape index (κ2) is 5.91. The van der Waals surface area contributed by atoms with Crippen molar-refractivity contribution < 1.29 is 18.0 Å². The maximum atomic E-state index is 12.9. The minimum Gasteiger partial charge on any atom is -0.351 e. The lowest BCUT2D eigenvalue weighted by Gasteiger charge is -2.28. The van der Waals surface area contributed by atoms with Gasteiger partial charge < -0.3 is 10.6 Å². The molecule has 3 nitrogen and oxygen atoms in total. The third-order valence-corrected chi connectivity index (χ3v) is 4.61. The topological polar surface area (TPSA) is 41.1 Å². The first kappa shape index (κ1) is 15.3. The van der Waals surface area contributed by atoms with Gasteiger partial charge in [0, 0.05) is 24.9 Å². The highest BCUT2D eigenvalue weighted by atomic mass is 19.4. The van der Waals surface area contributed by atoms with Crippen LogP contribution in [0, 0.1) is 0 Å². The van der Waals surface area contributed by atoms with E-state index in [0.29, 0.717) is 18.5 Å². The van der Waals surface area contributed by atoms with Gasteiger partial charge in [-0.2, -0.15) is 13.2 Å². The van der Waals surface area contributed by atoms with Crippen molar-refractivity contribution in [2.24, 2.45) is 0 Å². The molecule has 2 heterocycles. The van der Waals surface area contributed by atoms with Crippen molar-refractivity contribution in [1.29, 1.82) is 0 Å². The molecule has 3 atom stereocenters. The molecule has 0 aromatic heterocycles. The van der Waals surface area contributed by atoms with E-state index in [1.54, 1.807) is 6.07 Å². The standard InChI is InChI=1S/C16H19F3N2O/c17-16(18,19)11-5-3-4-10(8-11)12-9-20-13-6-1-2-7-14(22)21-15(12)13/h3-5,8,12-13,15,20H,1-2,6-7,9H2,(H,21,22). The Bertz CT molecular complexity index is 559. The van der Waals surface area contributed by atoms with Gasteiger partial charge in [0.2, 0.25) is 5.91 Å². The minimum atomic E-state index is -4.34. The summed E-state index contributed by atoms with van der Waals surface area (Å²) in [6.07, 6.45) is -1.06. The van der Waals surface area contributed by atoms with Gasteiger partial charge in [-0.15, -0.1) is 0 Å². The molecule has 0 spiro atoms. The second-order valence-corrected chi connectivity index (χ2v) is 6.08. The number of halogens is 3. The van der Waals surface area contributed by atoms with E-state index in [2.05, 4.69) is 10.6 Å². The molecule has 22 heavy (non-hydrogen) atoms. The molecular weight excluding hydrogens is 293 g/mol. The first-order valence-corrected chi connectivity index (χ1v) is 7.65. The van der Waals surface area contributed by atoms with Crippen molar-refractivity contribution in [1.82, 2.24) is 10.6 Å². The lowest BCUT2D eigenvalue weighted by molar-refractivity contribution is -0.137. The Morgan fingerprint density at radius 1 is 1.18 bits per heavy atom. The summed E-state index contributed by atoms with van der Waals surface area (Å²) in [5.41, 5.74) is 0.00122. The fraction of sp³-hybridized carbons (Fsp3) is 0.562. The molecule has 1 amide bonds. The predicted octanol–water partition coefficient (Wildman–Crippen LogP) is 2.82. The molecule has 0 bridgehead atoms. The Morgan fingerprint density at radius 2 is 2.00 bits per heavy atom. The smallest absolute Gasteiger partial charge is 0.351 e. The molecule has 0 radical (unpaired) electrons. The van der Waals surface area contributed by atoms with Gasteiger partial charge in [0.25, 0.3) is 0 Å². The number of amides is 1. The van der Waals surface area contributed by atoms with E-state index < -0.39 is 11.7 Å². The van der Waals surface area contributed by atoms with Gasteiger partial charge in [-0.1, -0.05) is 24.6 Å². The van der Waals surface area contributed by atoms with Crippen molar-refractivity contribution in [3.05, 3.63) is 35.4 Å². The number of benzene rings is 1. The maximum absolute atomic E-state index is 12.9. The maximum Gasteiger partial charge on any atom is 0.416 e. The molecular formula is C16H19F3N2O. The van der Waals surface area contributed by atoms with Gasteiger partial charge in [0.15, 0.2) is 0 Å². The van der Waals surface area contributed by atoms with E-state index in [-0.39, 0.29) is 23.9 Å². The van der Waals surface area contributed by atoms with Gasteiger partial charge in [-0.05, 0) is 24.5 Å². The summed E-state index contributed by atoms with van der Waals surface area (Å²) in [6.45, 7) is 0.594. The van der Waals surface area contributed by atoms with Gasteiger partial charge in [-0.25, -0.2) is 0 Å². The van der Waals surface area contributed by atoms with E-state index in [9.17, 15) is 18.0 Å². The Balaban J connectivity index is 1.86. The number of carbonyl (C=O) groups excluding carboxylic acids is 1. The summed E-state index contributed by atoms with van der Waals surface area (Å²) in [5, 5.41) is 6.36. The molecule has 0 aliphatic carbocycles. The fourth-order valence-corrected chi connectivity index (χ4v) is 3.47. The monoisotopic (exact) mass is 312 g/mol. The van der Waals surface area contributed by atoms with Crippen LogP contribution >= 0.6 is 0 Å². The lowest BCUT2D eigenvalue weighted by atomic mass is 9.87. The number of rotatable bonds is 1. The van der Waals surface area contributed by atoms with Crippen LogP contribution in [0.15, 0.2) is 24.3 Å². The molecule has 3 rings (SSSR count). The van der Waals surface area contributed by atoms with Crippen LogP contribution in [0.1, 0.15) is 42.7 Å². The van der Waals surface area contributed by atoms with E-state index in [1.807, 2.05) is 0 Å². The average Bonchev–Trinajstić information content (AvgIpc) is 2.83. The molecule has 2 aliphatic rings. The van der Waals surface area contributed by atoms with Crippen LogP contribution in [0.25, 0.3) is 0 Å². The van der Waals surface area contributed by atoms with Gasteiger partial charge >= 0.3 is 6.18 Å². The molecule has 2 saturated heterocycles. The molecule has 0 saturated carbocycles. The summed E-state index contributed by atoms with van der Waals surface area (Å²) in [7, 11) is 0. The number of fused-ring (bicyclic) bond motifs is 1. The molecule has 1 aromatic rings. The number of hydrogen-bond donors (Lipinski definition) is 2. The van der Waals surface area contributed by atoms with Crippen molar-refractivity contribution in [2.75, 3.05) is 6.54 Å². The number of carbonyl (C=O) groups is 1. The van der Waals surface area contributed by atoms with Crippen molar-refractivity contribution in [3.63, 3.8) is 0 Å². The molecule has 120 valence electrons. The van der Waals surface area contributed by atoms with Crippen molar-refractivity contribution in [3.8, 4) is 0 Å². The van der Waals surface area contributed by atoms with E-state index in [0.717, 1.165) is 25.3 Å². The summed E-state index contributed by atoms with van der Waals surface area (Å²) in [5.74, 6) is -0.121. The van der Waals surface area contributed by atoms with Crippen LogP contribution in [0.4, 0.5) is 13.2 Å². The average molecular weight is 312 g/mol. The second-order valence-electron chi connectivity index (χ2n) is 6.08. The number of alkyl halides is 3. The Morgan fingerprint density at radius 3 is 2.77 bits per heavy atom. The lowest BCUT2D eigenvalue weighted by Crippen LogP contribution is -2.46. The minimum absolute atomic E-state index is 0.00428. The van der Waals surface area contributed by atoms with E-state index in [1.165, 1.54) is 12.1 Å². The quantitative estimate of drug-likeness (QED) is 0.837. The zero-order valence-electron chi connectivity index (χ0n) is 12.1. The van der Waals surface area contributed by atoms with Gasteiger partial charge in [-0.3, -0.25) is 4.79 Å². The first-order valence-electron chi connectivity index (χ1n) is 7.65. The van der Waals surface area contributed by atoms with Gasteiger partial charge in [0.05, 0.1) is 11.6 Å². The summed E-state index contributed by atoms with van der Waals surface area (Å²) < 4.78 is 38.6. The number of nitrogens with one attached hydrogen (secondary N) is 2. The number of hydrogen-bond acceptors (Lipinski definition) is 2. The Kier molecular flexibility index (Phi) is 4.12. The predicted molar refractivity (Wildman–Crippen MR) is 76.4 cm³/mol. The van der Waals surface area contributed by atoms with E-state index in [4.69, 9.17) is 0 Å². The van der Waals surface area contributed by atoms with Crippen LogP contribution < -0.4 is 10.6 Å². The first-order chi connectivity index (χ1) is 10.4. The molecule has 2 N–H and O–H groups in total. The van der Waals surface area contributed by atoms with Crippen molar-refractivity contribution in [2.45, 2.75) is 49.9 Å². The molecule has 2 fully saturated rings. The van der Waals surface area contributed by atoms with Crippen LogP contribution in [0.3, 0.4) is 0 Å². The zero-order valence-corrected chi connectivity index (χ0v) is 12.1. The van der Waals surface area contributed by atoms with Crippen LogP contribution in [-0.2, 0) is 11.0 Å². The Labute approximate surface area is 127 Å². The van der Waals surface area contributed by atoms with Crippen LogP contribution in [0.2, 0.25) is 0 Å². The SMILES string of the molecule is O=C1CCCCC2NCC(c3cccc(C(F)(F)F)c3)C2N1. The highest BCUT2D eigenvalue weighted by Crippen LogP contribution is 2.34. The molecule has 1 aromatic carbocycles. The van der Waals surface area contributed by atoms with Crippen molar-refractivity contribution >= 4 is 5.91 Å². The van der Waals surface area contributed by atoms with Crippen LogP contribution in [0.5, 0.6) is 0 Å². The van der Waals surface area contributed by atoms with Crippen LogP contribution in [-0.4, -0.2) is 24.5 Å². The summed E-state index contributed by atoms with van der Waals surface area (Å²) in [4.78, 5) is 11.9. The molecule has 6 heteroatoms. The molecule has 2 aliphatic heterocycles. The van der Waals surface area contributed by atoms with Gasteiger partial charge in [0.1, 0.15) is 0 Å². The summed E-state index contributed by atoms with van der Waals surface area (Å²) >= 11 is 0.